The van der Waals surface area contributed by atoms with Gasteiger partial charge in [-0.25, -0.2) is 0 Å². The summed E-state index contributed by atoms with van der Waals surface area (Å²) in [4.78, 5) is 24.2. The van der Waals surface area contributed by atoms with E-state index in [2.05, 4.69) is 10.4 Å². The molecular weight excluding hydrogens is 270 g/mol. The third-order valence-electron chi connectivity index (χ3n) is 4.22. The Kier molecular flexibility index (Phi) is 5.28. The number of hydrogen-bond donors (Lipinski definition) is 2. The molecule has 6 nitrogen and oxygen atoms in total. The van der Waals surface area contributed by atoms with Crippen LogP contribution in [-0.2, 0) is 11.8 Å². The van der Waals surface area contributed by atoms with Crippen LogP contribution in [0.5, 0.6) is 0 Å². The predicted molar refractivity (Wildman–Crippen MR) is 80.1 cm³/mol. The first kappa shape index (κ1) is 17.4. The molecular formula is C15H25N3O3. The van der Waals surface area contributed by atoms with Crippen molar-refractivity contribution in [2.24, 2.45) is 13.0 Å². The van der Waals surface area contributed by atoms with Crippen molar-refractivity contribution in [3.8, 4) is 0 Å². The van der Waals surface area contributed by atoms with E-state index < -0.39 is 17.3 Å². The zero-order valence-electron chi connectivity index (χ0n) is 13.6. The Labute approximate surface area is 125 Å². The van der Waals surface area contributed by atoms with Crippen molar-refractivity contribution >= 4 is 11.7 Å². The van der Waals surface area contributed by atoms with E-state index in [1.54, 1.807) is 32.5 Å². The first-order chi connectivity index (χ1) is 9.61. The summed E-state index contributed by atoms with van der Waals surface area (Å²) in [7, 11) is 1.73. The van der Waals surface area contributed by atoms with E-state index in [1.165, 1.54) is 0 Å². The number of aliphatic hydroxyl groups is 1. The lowest BCUT2D eigenvalue weighted by molar-refractivity contribution is -0.118. The van der Waals surface area contributed by atoms with Crippen LogP contribution in [0.4, 0.5) is 0 Å². The standard InChI is InChI=1S/C15H25N3O3/c1-7-9(2)15(5,21)8-16-14(20)13(19)12-10(3)17-18(6)11(12)4/h9,21H,7-8H2,1-6H3,(H,16,20). The molecule has 0 saturated heterocycles. The lowest BCUT2D eigenvalue weighted by Gasteiger charge is -2.29. The third-order valence-corrected chi connectivity index (χ3v) is 4.22. The number of nitrogens with one attached hydrogen (secondary N) is 1. The smallest absolute Gasteiger partial charge is 0.292 e. The van der Waals surface area contributed by atoms with Gasteiger partial charge in [0.1, 0.15) is 0 Å². The van der Waals surface area contributed by atoms with Gasteiger partial charge in [-0.2, -0.15) is 5.10 Å². The zero-order chi connectivity index (χ0) is 16.4. The van der Waals surface area contributed by atoms with Gasteiger partial charge in [0.2, 0.25) is 0 Å². The molecule has 2 atom stereocenters. The van der Waals surface area contributed by atoms with Gasteiger partial charge in [-0.3, -0.25) is 14.3 Å². The second-order valence-corrected chi connectivity index (χ2v) is 5.85. The number of hydrogen-bond acceptors (Lipinski definition) is 4. The average Bonchev–Trinajstić information content (AvgIpc) is 2.67. The molecule has 2 N–H and O–H groups in total. The molecule has 2 unspecified atom stereocenters. The average molecular weight is 295 g/mol. The fourth-order valence-electron chi connectivity index (χ4n) is 2.17. The van der Waals surface area contributed by atoms with Gasteiger partial charge in [0.05, 0.1) is 16.9 Å². The summed E-state index contributed by atoms with van der Waals surface area (Å²) >= 11 is 0. The van der Waals surface area contributed by atoms with E-state index in [0.717, 1.165) is 6.42 Å². The van der Waals surface area contributed by atoms with Gasteiger partial charge in [0, 0.05) is 19.3 Å². The third kappa shape index (κ3) is 3.69. The predicted octanol–water partition coefficient (Wildman–Crippen LogP) is 1.13. The van der Waals surface area contributed by atoms with Gasteiger partial charge in [-0.15, -0.1) is 0 Å². The summed E-state index contributed by atoms with van der Waals surface area (Å²) in [5, 5.41) is 16.9. The highest BCUT2D eigenvalue weighted by Gasteiger charge is 2.30. The number of rotatable bonds is 6. The molecule has 0 aromatic carbocycles. The van der Waals surface area contributed by atoms with Crippen LogP contribution in [0, 0.1) is 19.8 Å². The van der Waals surface area contributed by atoms with E-state index in [9.17, 15) is 14.7 Å². The topological polar surface area (TPSA) is 84.2 Å². The highest BCUT2D eigenvalue weighted by atomic mass is 16.3. The summed E-state index contributed by atoms with van der Waals surface area (Å²) in [6.07, 6.45) is 0.789. The Morgan fingerprint density at radius 1 is 1.43 bits per heavy atom. The van der Waals surface area contributed by atoms with E-state index in [4.69, 9.17) is 0 Å². The van der Waals surface area contributed by atoms with Crippen molar-refractivity contribution in [2.75, 3.05) is 6.54 Å². The Morgan fingerprint density at radius 3 is 2.43 bits per heavy atom. The van der Waals surface area contributed by atoms with Crippen LogP contribution in [0.25, 0.3) is 0 Å². The molecule has 118 valence electrons. The SMILES string of the molecule is CCC(C)C(C)(O)CNC(=O)C(=O)c1c(C)nn(C)c1C. The monoisotopic (exact) mass is 295 g/mol. The van der Waals surface area contributed by atoms with Gasteiger partial charge in [0.15, 0.2) is 0 Å². The molecule has 1 aromatic heterocycles. The summed E-state index contributed by atoms with van der Waals surface area (Å²) < 4.78 is 1.57. The molecule has 1 heterocycles. The number of nitrogens with zero attached hydrogens (tertiary/aromatic N) is 2. The molecule has 1 rings (SSSR count). The van der Waals surface area contributed by atoms with Crippen LogP contribution in [0.2, 0.25) is 0 Å². The Hall–Kier alpha value is -1.69. The number of aryl methyl sites for hydroxylation is 2. The van der Waals surface area contributed by atoms with Gasteiger partial charge in [-0.1, -0.05) is 20.3 Å². The minimum atomic E-state index is -1.04. The molecule has 21 heavy (non-hydrogen) atoms. The zero-order valence-corrected chi connectivity index (χ0v) is 13.6. The van der Waals surface area contributed by atoms with Gasteiger partial charge in [0.25, 0.3) is 11.7 Å². The van der Waals surface area contributed by atoms with Crippen molar-refractivity contribution in [3.63, 3.8) is 0 Å². The fraction of sp³-hybridized carbons (Fsp3) is 0.667. The molecule has 0 aliphatic rings. The van der Waals surface area contributed by atoms with E-state index in [-0.39, 0.29) is 12.5 Å². The molecule has 0 radical (unpaired) electrons. The maximum atomic E-state index is 12.2. The second kappa shape index (κ2) is 6.39. The molecule has 6 heteroatoms. The summed E-state index contributed by atoms with van der Waals surface area (Å²) in [5.41, 5.74) is 0.479. The van der Waals surface area contributed by atoms with Gasteiger partial charge >= 0.3 is 0 Å². The Morgan fingerprint density at radius 2 is 2.00 bits per heavy atom. The molecule has 0 aliphatic heterocycles. The normalized spacial score (nSPS) is 15.4. The van der Waals surface area contributed by atoms with Crippen molar-refractivity contribution in [3.05, 3.63) is 17.0 Å². The highest BCUT2D eigenvalue weighted by molar-refractivity contribution is 6.43. The molecule has 0 spiro atoms. The number of carbonyl (C=O) groups is 2. The number of amides is 1. The molecule has 0 aliphatic carbocycles. The van der Waals surface area contributed by atoms with Gasteiger partial charge < -0.3 is 10.4 Å². The largest absolute Gasteiger partial charge is 0.388 e. The van der Waals surface area contributed by atoms with E-state index >= 15 is 0 Å². The van der Waals surface area contributed by atoms with Crippen molar-refractivity contribution in [1.29, 1.82) is 0 Å². The van der Waals surface area contributed by atoms with Crippen molar-refractivity contribution in [2.45, 2.75) is 46.6 Å². The minimum absolute atomic E-state index is 0.0229. The van der Waals surface area contributed by atoms with Crippen LogP contribution in [0.3, 0.4) is 0 Å². The van der Waals surface area contributed by atoms with Crippen LogP contribution >= 0.6 is 0 Å². The van der Waals surface area contributed by atoms with Crippen LogP contribution in [0.15, 0.2) is 0 Å². The maximum absolute atomic E-state index is 12.2. The number of Topliss-reactive ketones (excluding diaryl/α,β-unsaturated/α-hetero) is 1. The summed E-state index contributed by atoms with van der Waals surface area (Å²) in [6.45, 7) is 9.02. The number of aromatic nitrogens is 2. The lowest BCUT2D eigenvalue weighted by Crippen LogP contribution is -2.46. The molecule has 0 fully saturated rings. The minimum Gasteiger partial charge on any atom is -0.388 e. The fourth-order valence-corrected chi connectivity index (χ4v) is 2.17. The Balaban J connectivity index is 2.79. The number of ketones is 1. The van der Waals surface area contributed by atoms with Crippen LogP contribution in [0.1, 0.15) is 48.9 Å². The van der Waals surface area contributed by atoms with Gasteiger partial charge in [-0.05, 0) is 26.7 Å². The van der Waals surface area contributed by atoms with E-state index in [1.807, 2.05) is 13.8 Å². The maximum Gasteiger partial charge on any atom is 0.292 e. The first-order valence-electron chi connectivity index (χ1n) is 7.16. The van der Waals surface area contributed by atoms with Crippen LogP contribution < -0.4 is 5.32 Å². The summed E-state index contributed by atoms with van der Waals surface area (Å²) in [6, 6.07) is 0. The second-order valence-electron chi connectivity index (χ2n) is 5.85. The molecule has 1 amide bonds. The molecule has 0 saturated carbocycles. The van der Waals surface area contributed by atoms with Crippen LogP contribution in [-0.4, -0.2) is 38.7 Å². The highest BCUT2D eigenvalue weighted by Crippen LogP contribution is 2.19. The molecule has 0 bridgehead atoms. The van der Waals surface area contributed by atoms with Crippen molar-refractivity contribution in [1.82, 2.24) is 15.1 Å². The first-order valence-corrected chi connectivity index (χ1v) is 7.16. The lowest BCUT2D eigenvalue weighted by atomic mass is 9.88. The number of carbonyl (C=O) groups excluding carboxylic acids is 2. The molecule has 1 aromatic rings. The van der Waals surface area contributed by atoms with E-state index in [0.29, 0.717) is 17.0 Å². The quantitative estimate of drug-likeness (QED) is 0.609. The summed E-state index contributed by atoms with van der Waals surface area (Å²) in [5.74, 6) is -1.30. The Bertz CT molecular complexity index is 547. The van der Waals surface area contributed by atoms with Crippen molar-refractivity contribution < 1.29 is 14.7 Å².